The van der Waals surface area contributed by atoms with Gasteiger partial charge in [-0.15, -0.1) is 11.3 Å². The summed E-state index contributed by atoms with van der Waals surface area (Å²) in [5.41, 5.74) is 3.54. The molecule has 58 valence electrons. The third-order valence-corrected chi connectivity index (χ3v) is 2.20. The zero-order valence-corrected chi connectivity index (χ0v) is 6.64. The van der Waals surface area contributed by atoms with Crippen molar-refractivity contribution < 1.29 is 0 Å². The molecule has 0 spiro atoms. The average molecular weight is 168 g/mol. The smallest absolute Gasteiger partial charge is 0.193 e. The van der Waals surface area contributed by atoms with E-state index in [4.69, 9.17) is 5.84 Å². The van der Waals surface area contributed by atoms with Crippen LogP contribution in [0, 0.1) is 0 Å². The van der Waals surface area contributed by atoms with Crippen LogP contribution in [0.2, 0.25) is 0 Å². The van der Waals surface area contributed by atoms with Crippen LogP contribution in [0.4, 0.5) is 0 Å². The normalized spacial score (nSPS) is 11.0. The van der Waals surface area contributed by atoms with Crippen molar-refractivity contribution in [3.63, 3.8) is 0 Å². The monoisotopic (exact) mass is 168 g/mol. The summed E-state index contributed by atoms with van der Waals surface area (Å²) in [6.07, 6.45) is 3.94. The first-order valence-corrected chi connectivity index (χ1v) is 4.12. The van der Waals surface area contributed by atoms with Gasteiger partial charge in [-0.1, -0.05) is 0 Å². The molecule has 0 saturated carbocycles. The lowest BCUT2D eigenvalue weighted by molar-refractivity contribution is 0.727. The van der Waals surface area contributed by atoms with Gasteiger partial charge in [-0.2, -0.15) is 0 Å². The summed E-state index contributed by atoms with van der Waals surface area (Å²) in [6, 6.07) is 0. The number of nitrogens with zero attached hydrogens (tertiary/aromatic N) is 2. The molecule has 0 saturated heterocycles. The third-order valence-electron chi connectivity index (χ3n) is 1.43. The van der Waals surface area contributed by atoms with E-state index in [9.17, 15) is 0 Å². The van der Waals surface area contributed by atoms with Crippen LogP contribution < -0.4 is 11.3 Å². The Morgan fingerprint density at radius 3 is 3.36 bits per heavy atom. The molecule has 0 aliphatic rings. The van der Waals surface area contributed by atoms with Crippen LogP contribution in [0.15, 0.2) is 17.8 Å². The van der Waals surface area contributed by atoms with E-state index >= 15 is 0 Å². The number of thiazole rings is 1. The average Bonchev–Trinajstić information content (AvgIpc) is 2.46. The van der Waals surface area contributed by atoms with Gasteiger partial charge in [0, 0.05) is 17.8 Å². The fraction of sp³-hybridized carbons (Fsp3) is 0.167. The Balaban J connectivity index is 2.42. The lowest BCUT2D eigenvalue weighted by Crippen LogP contribution is -2.20. The molecule has 2 rings (SSSR count). The Bertz CT molecular complexity index is 321. The standard InChI is InChI=1S/C6H8N4S/c7-8-3-5-4-10-1-2-11-6(10)9-5/h1-2,4,8H,3,7H2. The van der Waals surface area contributed by atoms with E-state index in [0.717, 1.165) is 10.7 Å². The van der Waals surface area contributed by atoms with Gasteiger partial charge < -0.3 is 0 Å². The second-order valence-corrected chi connectivity index (χ2v) is 3.08. The van der Waals surface area contributed by atoms with Gasteiger partial charge >= 0.3 is 0 Å². The highest BCUT2D eigenvalue weighted by Gasteiger charge is 1.99. The predicted octanol–water partition coefficient (Wildman–Crippen LogP) is 0.359. The molecule has 0 aromatic carbocycles. The maximum absolute atomic E-state index is 5.16. The predicted molar refractivity (Wildman–Crippen MR) is 44.1 cm³/mol. The van der Waals surface area contributed by atoms with Crippen LogP contribution in [0.1, 0.15) is 5.69 Å². The van der Waals surface area contributed by atoms with Crippen LogP contribution >= 0.6 is 11.3 Å². The zero-order chi connectivity index (χ0) is 7.68. The van der Waals surface area contributed by atoms with Crippen molar-refractivity contribution >= 4 is 16.3 Å². The van der Waals surface area contributed by atoms with Gasteiger partial charge in [0.05, 0.1) is 12.2 Å². The highest BCUT2D eigenvalue weighted by Crippen LogP contribution is 2.10. The molecular weight excluding hydrogens is 160 g/mol. The molecule has 0 unspecified atom stereocenters. The molecule has 0 bridgehead atoms. The highest BCUT2D eigenvalue weighted by molar-refractivity contribution is 7.15. The van der Waals surface area contributed by atoms with Crippen LogP contribution in [0.5, 0.6) is 0 Å². The van der Waals surface area contributed by atoms with E-state index in [-0.39, 0.29) is 0 Å². The summed E-state index contributed by atoms with van der Waals surface area (Å²) in [5.74, 6) is 5.16. The van der Waals surface area contributed by atoms with Gasteiger partial charge in [0.1, 0.15) is 0 Å². The van der Waals surface area contributed by atoms with E-state index in [1.54, 1.807) is 11.3 Å². The van der Waals surface area contributed by atoms with Crippen molar-refractivity contribution in [1.82, 2.24) is 14.8 Å². The molecule has 3 N–H and O–H groups in total. The molecule has 2 heterocycles. The number of hydrazine groups is 1. The van der Waals surface area contributed by atoms with Crippen molar-refractivity contribution in [1.29, 1.82) is 0 Å². The van der Waals surface area contributed by atoms with Crippen LogP contribution in [-0.2, 0) is 6.54 Å². The molecule has 0 aliphatic carbocycles. The van der Waals surface area contributed by atoms with Crippen molar-refractivity contribution in [2.75, 3.05) is 0 Å². The summed E-state index contributed by atoms with van der Waals surface area (Å²) >= 11 is 1.62. The molecule has 4 nitrogen and oxygen atoms in total. The zero-order valence-electron chi connectivity index (χ0n) is 5.82. The van der Waals surface area contributed by atoms with Gasteiger partial charge in [0.15, 0.2) is 4.96 Å². The van der Waals surface area contributed by atoms with E-state index in [2.05, 4.69) is 10.4 Å². The Hall–Kier alpha value is -0.910. The summed E-state index contributed by atoms with van der Waals surface area (Å²) in [5, 5.41) is 2.00. The third kappa shape index (κ3) is 1.13. The Morgan fingerprint density at radius 2 is 2.64 bits per heavy atom. The number of fused-ring (bicyclic) bond motifs is 1. The quantitative estimate of drug-likeness (QED) is 0.503. The van der Waals surface area contributed by atoms with E-state index in [0.29, 0.717) is 6.54 Å². The number of hydrogen-bond donors (Lipinski definition) is 2. The first-order chi connectivity index (χ1) is 5.40. The van der Waals surface area contributed by atoms with Gasteiger partial charge in [-0.3, -0.25) is 15.7 Å². The lowest BCUT2D eigenvalue weighted by atomic mass is 10.5. The van der Waals surface area contributed by atoms with Crippen molar-refractivity contribution in [2.45, 2.75) is 6.54 Å². The van der Waals surface area contributed by atoms with Gasteiger partial charge in [0.2, 0.25) is 0 Å². The second-order valence-electron chi connectivity index (χ2n) is 2.21. The highest BCUT2D eigenvalue weighted by atomic mass is 32.1. The Morgan fingerprint density at radius 1 is 1.73 bits per heavy atom. The minimum Gasteiger partial charge on any atom is -0.297 e. The number of nitrogens with two attached hydrogens (primary N) is 1. The van der Waals surface area contributed by atoms with Crippen molar-refractivity contribution in [3.05, 3.63) is 23.5 Å². The number of nitrogens with one attached hydrogen (secondary N) is 1. The molecule has 0 radical (unpaired) electrons. The number of hydrogen-bond acceptors (Lipinski definition) is 4. The topological polar surface area (TPSA) is 55.3 Å². The molecule has 0 amide bonds. The molecule has 0 fully saturated rings. The minimum absolute atomic E-state index is 0.619. The van der Waals surface area contributed by atoms with E-state index < -0.39 is 0 Å². The molecule has 2 aromatic heterocycles. The number of aromatic nitrogens is 2. The fourth-order valence-corrected chi connectivity index (χ4v) is 1.68. The van der Waals surface area contributed by atoms with Gasteiger partial charge in [0.25, 0.3) is 0 Å². The van der Waals surface area contributed by atoms with E-state index in [1.165, 1.54) is 0 Å². The summed E-state index contributed by atoms with van der Waals surface area (Å²) in [7, 11) is 0. The molecule has 0 atom stereocenters. The van der Waals surface area contributed by atoms with E-state index in [1.807, 2.05) is 22.2 Å². The van der Waals surface area contributed by atoms with Crippen LogP contribution in [-0.4, -0.2) is 9.38 Å². The lowest BCUT2D eigenvalue weighted by Gasteiger charge is -1.89. The number of rotatable bonds is 2. The van der Waals surface area contributed by atoms with Crippen molar-refractivity contribution in [3.8, 4) is 0 Å². The fourth-order valence-electron chi connectivity index (χ4n) is 0.966. The molecular formula is C6H8N4S. The first kappa shape index (κ1) is 6.78. The Labute approximate surface area is 67.6 Å². The number of imidazole rings is 1. The maximum atomic E-state index is 5.16. The SMILES string of the molecule is NNCc1cn2ccsc2n1. The molecule has 0 aliphatic heterocycles. The largest absolute Gasteiger partial charge is 0.297 e. The first-order valence-electron chi connectivity index (χ1n) is 3.24. The molecule has 5 heteroatoms. The van der Waals surface area contributed by atoms with Crippen LogP contribution in [0.3, 0.4) is 0 Å². The van der Waals surface area contributed by atoms with Crippen molar-refractivity contribution in [2.24, 2.45) is 5.84 Å². The summed E-state index contributed by atoms with van der Waals surface area (Å²) in [6.45, 7) is 0.619. The van der Waals surface area contributed by atoms with Gasteiger partial charge in [-0.05, 0) is 0 Å². The molecule has 11 heavy (non-hydrogen) atoms. The van der Waals surface area contributed by atoms with Crippen LogP contribution in [0.25, 0.3) is 4.96 Å². The maximum Gasteiger partial charge on any atom is 0.193 e. The van der Waals surface area contributed by atoms with Gasteiger partial charge in [-0.25, -0.2) is 4.98 Å². The second kappa shape index (κ2) is 2.61. The molecule has 2 aromatic rings. The minimum atomic E-state index is 0.619. The summed E-state index contributed by atoms with van der Waals surface area (Å²) < 4.78 is 1.98. The Kier molecular flexibility index (Phi) is 1.61. The summed E-state index contributed by atoms with van der Waals surface area (Å²) in [4.78, 5) is 5.31.